The van der Waals surface area contributed by atoms with Crippen LogP contribution in [0.15, 0.2) is 91.0 Å². The van der Waals surface area contributed by atoms with E-state index in [1.165, 1.54) is 19.3 Å². The largest absolute Gasteiger partial charge is 0.490 e. The second-order valence-electron chi connectivity index (χ2n) is 39.8. The van der Waals surface area contributed by atoms with Crippen molar-refractivity contribution >= 4 is 76.6 Å². The number of rotatable bonds is 29. The van der Waals surface area contributed by atoms with E-state index in [1.807, 2.05) is 84.9 Å². The number of aromatic amines is 6. The van der Waals surface area contributed by atoms with Crippen molar-refractivity contribution in [2.45, 2.75) is 258 Å². The van der Waals surface area contributed by atoms with Gasteiger partial charge in [0.05, 0.1) is 41.8 Å². The van der Waals surface area contributed by atoms with Crippen LogP contribution in [0.5, 0.6) is 5.75 Å². The molecule has 17 rings (SSSR count). The van der Waals surface area contributed by atoms with Crippen LogP contribution in [-0.2, 0) is 24.0 Å². The van der Waals surface area contributed by atoms with Crippen molar-refractivity contribution in [2.24, 2.45) is 29.6 Å². The van der Waals surface area contributed by atoms with Gasteiger partial charge in [0.25, 0.3) is 41.4 Å². The third-order valence-electron chi connectivity index (χ3n) is 27.6. The zero-order chi connectivity index (χ0) is 102. The summed E-state index contributed by atoms with van der Waals surface area (Å²) in [4.78, 5) is 158. The van der Waals surface area contributed by atoms with Gasteiger partial charge in [0.2, 0.25) is 29.5 Å². The van der Waals surface area contributed by atoms with E-state index in [-0.39, 0.29) is 126 Å². The molecule has 770 valence electrons. The molecule has 6 aliphatic heterocycles. The average molecular weight is 1970 g/mol. The zero-order valence-corrected chi connectivity index (χ0v) is 84.1. The van der Waals surface area contributed by atoms with Crippen molar-refractivity contribution < 1.29 is 76.2 Å². The van der Waals surface area contributed by atoms with Crippen molar-refractivity contribution in [3.63, 3.8) is 0 Å². The Morgan fingerprint density at radius 3 is 1.04 bits per heavy atom. The number of nitrogens with one attached hydrogen (secondary N) is 12. The Morgan fingerprint density at radius 2 is 0.697 bits per heavy atom. The van der Waals surface area contributed by atoms with E-state index in [0.717, 1.165) is 78.4 Å². The highest BCUT2D eigenvalue weighted by Crippen LogP contribution is 2.36. The van der Waals surface area contributed by atoms with Gasteiger partial charge in [0.1, 0.15) is 58.9 Å². The smallest absolute Gasteiger partial charge is 0.274 e. The minimum Gasteiger partial charge on any atom is -0.490 e. The Bertz CT molecular complexity index is 5460. The number of aliphatic hydroxyl groups is 1. The van der Waals surface area contributed by atoms with Crippen LogP contribution in [-0.4, -0.2) is 301 Å². The molecule has 3 saturated carbocycles. The maximum atomic E-state index is 12.9. The van der Waals surface area contributed by atoms with Crippen LogP contribution in [0.4, 0.5) is 14.5 Å². The number of nitrogens with zero attached hydrogens (tertiary/aromatic N) is 12. The van der Waals surface area contributed by atoms with E-state index in [1.54, 1.807) is 84.0 Å². The molecule has 0 radical (unpaired) electrons. The normalized spacial score (nSPS) is 21.5. The molecule has 6 aromatic heterocycles. The number of para-hydroxylation sites is 2. The highest BCUT2D eigenvalue weighted by atomic mass is 19.1. The van der Waals surface area contributed by atoms with Gasteiger partial charge >= 0.3 is 0 Å². The number of hydrogen-bond donors (Lipinski definition) is 13. The van der Waals surface area contributed by atoms with Crippen LogP contribution in [0.25, 0.3) is 0 Å². The van der Waals surface area contributed by atoms with Gasteiger partial charge in [-0.15, -0.1) is 0 Å². The predicted octanol–water partition coefficient (Wildman–Crippen LogP) is 11.0. The first kappa shape index (κ1) is 108. The van der Waals surface area contributed by atoms with Gasteiger partial charge in [-0.2, -0.15) is 30.6 Å². The zero-order valence-electron chi connectivity index (χ0n) is 84.1. The molecule has 0 bridgehead atoms. The lowest BCUT2D eigenvalue weighted by molar-refractivity contribution is -0.126. The number of hydrogen-bond acceptors (Lipinski definition) is 20. The van der Waals surface area contributed by atoms with E-state index in [9.17, 15) is 66.3 Å². The second kappa shape index (κ2) is 51.1. The molecule has 3 aliphatic carbocycles. The van der Waals surface area contributed by atoms with Crippen LogP contribution in [0, 0.1) is 29.6 Å². The topological polar surface area (TPSA) is 498 Å². The van der Waals surface area contributed by atoms with Crippen molar-refractivity contribution in [1.82, 2.24) is 117 Å². The number of H-pyrrole nitrogens is 6. The van der Waals surface area contributed by atoms with Crippen molar-refractivity contribution in [3.8, 4) is 5.75 Å². The SMILES string of the molecule is CC(C)c1cc(C(=O)N2CCC(C(=O)NC3CCCCC3)C2)n[nH]1.CC(C)c1cc(C(=O)N2CCC(C(=O)Nc3ccccc3)C2)n[nH]1.CC(C)c1cc(C(=O)N2CCC(NC(=O)c3ccccc3OCCO)C2)n[nH]1.CCC(C)c1cc(C(=O)N2CC[C@@H](NC(=O)[C@@H]3C[C@@H]3F)C2)n[nH]1.CCC(C)c1cc(C(=O)N2CC[C@@H](NC(=O)[C@H]3C[C@H]3F)C2)n[nH]1.CCNC(=O)C1CCN(C(=O)c2cc(C(C)C)[nH]n2)C1. The van der Waals surface area contributed by atoms with Gasteiger partial charge in [-0.1, -0.05) is 133 Å². The Labute approximate surface area is 828 Å². The molecule has 9 aliphatic rings. The lowest BCUT2D eigenvalue weighted by Gasteiger charge is -2.24. The number of aromatic nitrogens is 12. The molecule has 6 unspecified atom stereocenters. The maximum absolute atomic E-state index is 12.9. The third-order valence-corrected chi connectivity index (χ3v) is 27.6. The van der Waals surface area contributed by atoms with E-state index >= 15 is 0 Å². The summed E-state index contributed by atoms with van der Waals surface area (Å²) in [5.41, 5.74) is 9.43. The number of anilines is 1. The summed E-state index contributed by atoms with van der Waals surface area (Å²) in [7, 11) is 0. The number of halogens is 2. The average Bonchev–Trinajstić information content (AvgIpc) is 1.69. The predicted molar refractivity (Wildman–Crippen MR) is 528 cm³/mol. The molecule has 12 atom stereocenters. The van der Waals surface area contributed by atoms with Crippen LogP contribution in [0.1, 0.15) is 329 Å². The Kier molecular flexibility index (Phi) is 38.8. The van der Waals surface area contributed by atoms with Crippen LogP contribution >= 0.6 is 0 Å². The van der Waals surface area contributed by atoms with E-state index in [2.05, 4.69) is 135 Å². The van der Waals surface area contributed by atoms with Gasteiger partial charge in [-0.05, 0) is 180 Å². The molecular formula is C102H144F2N24O14. The fraction of sp³-hybridized carbons (Fsp3) is 0.588. The molecule has 9 fully saturated rings. The lowest BCUT2D eigenvalue weighted by Crippen LogP contribution is -2.41. The summed E-state index contributed by atoms with van der Waals surface area (Å²) in [5.74, 6) is -0.311. The standard InChI is InChI=1S/C20H26N4O4.C18H28N4O2.C18H22N4O2.2C16H23FN4O2.C14H22N4O2/c1-13(2)16-11-17(23-22-16)20(27)24-8-7-14(12-24)21-19(26)15-5-3-4-6-18(15)28-10-9-25;2*1-12(2)15-10-16(21-20-15)18(24)22-9-8-13(11-22)17(23)19-14-6-4-3-5-7-14;2*1-3-9(2)13-7-14(20-19-13)16(23)21-5-4-10(8-21)18-15(22)11-6-12(11)17;1-4-15-13(19)10-5-6-18(8-10)14(20)12-7-11(9(2)3)16-17-12/h3-6,11,13-14,25H,7-10,12H2,1-2H3,(H,21,26)(H,22,23);10,12-14H,3-9,11H2,1-2H3,(H,19,23)(H,20,21);3-7,10,12-13H,8-9,11H2,1-2H3,(H,19,23)(H,20,21);2*7,9-12H,3-6,8H2,1-2H3,(H,18,22)(H,19,20);7,9-10H,4-6,8H2,1-3H3,(H,15,19)(H,16,17)/t;;;9?,10-,11+,12-;9?,10-,11-,12+;/m...11./s1. The summed E-state index contributed by atoms with van der Waals surface area (Å²) in [6.07, 6.45) is 10.7. The van der Waals surface area contributed by atoms with E-state index in [4.69, 9.17) is 9.84 Å². The summed E-state index contributed by atoms with van der Waals surface area (Å²) < 4.78 is 31.2. The number of aliphatic hydroxyl groups excluding tert-OH is 1. The molecule has 38 nitrogen and oxygen atoms in total. The summed E-state index contributed by atoms with van der Waals surface area (Å²) in [6, 6.07) is 27.1. The Balaban J connectivity index is 0.000000153. The summed E-state index contributed by atoms with van der Waals surface area (Å²) in [6.45, 7) is 33.5. The molecule has 0 spiro atoms. The molecule has 40 heteroatoms. The first-order chi connectivity index (χ1) is 68.1. The van der Waals surface area contributed by atoms with Gasteiger partial charge < -0.3 is 71.1 Å². The fourth-order valence-electron chi connectivity index (χ4n) is 17.8. The highest BCUT2D eigenvalue weighted by molar-refractivity contribution is 5.99. The molecule has 142 heavy (non-hydrogen) atoms. The van der Waals surface area contributed by atoms with Crippen molar-refractivity contribution in [2.75, 3.05) is 104 Å². The summed E-state index contributed by atoms with van der Waals surface area (Å²) in [5, 5.41) is 68.6. The molecule has 8 aromatic rings. The van der Waals surface area contributed by atoms with E-state index in [0.29, 0.717) is 205 Å². The third kappa shape index (κ3) is 29.6. The molecular weight excluding hydrogens is 1820 g/mol. The Hall–Kier alpha value is -13.0. The maximum Gasteiger partial charge on any atom is 0.274 e. The number of alkyl halides is 2. The monoisotopic (exact) mass is 1970 g/mol. The first-order valence-corrected chi connectivity index (χ1v) is 50.6. The minimum absolute atomic E-state index is 0.0349. The van der Waals surface area contributed by atoms with Crippen molar-refractivity contribution in [3.05, 3.63) is 165 Å². The van der Waals surface area contributed by atoms with Crippen LogP contribution < -0.4 is 36.6 Å². The highest BCUT2D eigenvalue weighted by Gasteiger charge is 2.47. The first-order valence-electron chi connectivity index (χ1n) is 50.6. The van der Waals surface area contributed by atoms with Gasteiger partial charge in [0.15, 0.2) is 0 Å². The minimum atomic E-state index is -0.989. The number of ether oxygens (including phenoxy) is 1. The molecule has 2 aromatic carbocycles. The number of benzene rings is 2. The van der Waals surface area contributed by atoms with Gasteiger partial charge in [-0.3, -0.25) is 88.1 Å². The van der Waals surface area contributed by atoms with Gasteiger partial charge in [-0.25, -0.2) is 8.78 Å². The van der Waals surface area contributed by atoms with Gasteiger partial charge in [0, 0.05) is 149 Å². The van der Waals surface area contributed by atoms with E-state index < -0.39 is 24.2 Å². The molecule has 12 amide bonds. The van der Waals surface area contributed by atoms with Crippen LogP contribution in [0.3, 0.4) is 0 Å². The second-order valence-corrected chi connectivity index (χ2v) is 39.8. The summed E-state index contributed by atoms with van der Waals surface area (Å²) >= 11 is 0. The van der Waals surface area contributed by atoms with Crippen LogP contribution in [0.2, 0.25) is 0 Å². The Morgan fingerprint density at radius 1 is 0.380 bits per heavy atom. The number of carbonyl (C=O) groups excluding carboxylic acids is 12. The number of amides is 12. The number of carbonyl (C=O) groups is 12. The molecule has 12 heterocycles. The van der Waals surface area contributed by atoms with Crippen molar-refractivity contribution in [1.29, 1.82) is 0 Å². The fourth-order valence-corrected chi connectivity index (χ4v) is 17.8. The lowest BCUT2D eigenvalue weighted by atomic mass is 9.95. The molecule has 13 N–H and O–H groups in total. The molecule has 6 saturated heterocycles. The quantitative estimate of drug-likeness (QED) is 0.0207. The number of likely N-dealkylation sites (tertiary alicyclic amines) is 6.